The Kier molecular flexibility index (Phi) is 4.85. The molecule has 0 saturated heterocycles. The molecule has 0 fully saturated rings. The molecule has 2 aromatic carbocycles. The summed E-state index contributed by atoms with van der Waals surface area (Å²) in [5.41, 5.74) is 5.21. The normalized spacial score (nSPS) is 16.8. The van der Waals surface area contributed by atoms with Gasteiger partial charge in [0.05, 0.1) is 20.8 Å². The number of hydrogen-bond donors (Lipinski definition) is 1. The summed E-state index contributed by atoms with van der Waals surface area (Å²) in [6.07, 6.45) is 0.889. The molecule has 0 aliphatic carbocycles. The first-order chi connectivity index (χ1) is 13.5. The maximum atomic E-state index is 13.2. The highest BCUT2D eigenvalue weighted by Gasteiger charge is 2.28. The Hall–Kier alpha value is -2.79. The van der Waals surface area contributed by atoms with Gasteiger partial charge in [0.25, 0.3) is 0 Å². The van der Waals surface area contributed by atoms with Crippen molar-refractivity contribution in [3.8, 4) is 11.5 Å². The maximum absolute atomic E-state index is 13.2. The van der Waals surface area contributed by atoms with Crippen molar-refractivity contribution >= 4 is 16.7 Å². The predicted octanol–water partition coefficient (Wildman–Crippen LogP) is 4.30. The van der Waals surface area contributed by atoms with Crippen molar-refractivity contribution in [2.24, 2.45) is 0 Å². The van der Waals surface area contributed by atoms with Crippen molar-refractivity contribution < 1.29 is 14.3 Å². The number of aryl methyl sites for hydroxylation is 1. The molecule has 0 saturated carbocycles. The van der Waals surface area contributed by atoms with E-state index in [4.69, 9.17) is 9.47 Å². The highest BCUT2D eigenvalue weighted by atomic mass is 16.5. The lowest BCUT2D eigenvalue weighted by Crippen LogP contribution is -2.37. The average Bonchev–Trinajstić information content (AvgIpc) is 3.05. The number of nitrogens with zero attached hydrogens (tertiary/aromatic N) is 1. The Morgan fingerprint density at radius 1 is 1.18 bits per heavy atom. The Morgan fingerprint density at radius 3 is 2.64 bits per heavy atom. The molecule has 0 unspecified atom stereocenters. The number of aromatic nitrogens is 1. The Labute approximate surface area is 165 Å². The van der Waals surface area contributed by atoms with Gasteiger partial charge in [-0.1, -0.05) is 18.2 Å². The summed E-state index contributed by atoms with van der Waals surface area (Å²) in [6.45, 7) is 5.37. The average molecular weight is 378 g/mol. The first kappa shape index (κ1) is 18.6. The first-order valence-corrected chi connectivity index (χ1v) is 9.62. The van der Waals surface area contributed by atoms with Crippen LogP contribution in [0.2, 0.25) is 0 Å². The second-order valence-electron chi connectivity index (χ2n) is 7.40. The minimum Gasteiger partial charge on any atom is -0.493 e. The topological polar surface area (TPSA) is 54.6 Å². The van der Waals surface area contributed by atoms with Gasteiger partial charge in [-0.15, -0.1) is 0 Å². The van der Waals surface area contributed by atoms with Crippen molar-refractivity contribution in [1.82, 2.24) is 9.88 Å². The van der Waals surface area contributed by atoms with E-state index < -0.39 is 0 Å². The zero-order valence-electron chi connectivity index (χ0n) is 16.8. The van der Waals surface area contributed by atoms with E-state index in [1.807, 2.05) is 37.3 Å². The molecule has 1 N–H and O–H groups in total. The molecule has 0 spiro atoms. The van der Waals surface area contributed by atoms with E-state index in [1.165, 1.54) is 11.1 Å². The van der Waals surface area contributed by atoms with Crippen LogP contribution in [0.5, 0.6) is 11.5 Å². The van der Waals surface area contributed by atoms with Crippen molar-refractivity contribution in [3.05, 3.63) is 58.8 Å². The van der Waals surface area contributed by atoms with Crippen LogP contribution in [-0.2, 0) is 6.42 Å². The molecule has 2 heterocycles. The quantitative estimate of drug-likeness (QED) is 0.673. The highest BCUT2D eigenvalue weighted by molar-refractivity contribution is 6.10. The fourth-order valence-corrected chi connectivity index (χ4v) is 4.31. The summed E-state index contributed by atoms with van der Waals surface area (Å²) >= 11 is 0. The molecule has 1 aliphatic heterocycles. The summed E-state index contributed by atoms with van der Waals surface area (Å²) in [5, 5.41) is 1.00. The SMILES string of the molecule is COc1cc2c(cc1OC)[C@H](C)N(CC(=O)c1c(C)[nH]c3ccccc13)CC2. The summed E-state index contributed by atoms with van der Waals surface area (Å²) < 4.78 is 10.9. The van der Waals surface area contributed by atoms with Gasteiger partial charge >= 0.3 is 0 Å². The first-order valence-electron chi connectivity index (χ1n) is 9.62. The lowest BCUT2D eigenvalue weighted by atomic mass is 9.92. The van der Waals surface area contributed by atoms with Crippen LogP contribution in [0, 0.1) is 6.92 Å². The molecule has 1 aliphatic rings. The van der Waals surface area contributed by atoms with E-state index >= 15 is 0 Å². The number of fused-ring (bicyclic) bond motifs is 2. The molecule has 0 radical (unpaired) electrons. The number of para-hydroxylation sites is 1. The molecule has 3 aromatic rings. The van der Waals surface area contributed by atoms with Crippen LogP contribution >= 0.6 is 0 Å². The number of benzene rings is 2. The fraction of sp³-hybridized carbons (Fsp3) is 0.348. The molecule has 5 nitrogen and oxygen atoms in total. The van der Waals surface area contributed by atoms with Crippen LogP contribution in [0.3, 0.4) is 0 Å². The van der Waals surface area contributed by atoms with Gasteiger partial charge in [-0.25, -0.2) is 0 Å². The van der Waals surface area contributed by atoms with Crippen LogP contribution in [0.1, 0.15) is 40.1 Å². The minimum atomic E-state index is 0.137. The Balaban J connectivity index is 1.61. The zero-order valence-corrected chi connectivity index (χ0v) is 16.8. The molecular weight excluding hydrogens is 352 g/mol. The summed E-state index contributed by atoms with van der Waals surface area (Å²) in [4.78, 5) is 18.8. The summed E-state index contributed by atoms with van der Waals surface area (Å²) in [7, 11) is 3.31. The zero-order chi connectivity index (χ0) is 19.8. The monoisotopic (exact) mass is 378 g/mol. The lowest BCUT2D eigenvalue weighted by molar-refractivity contribution is 0.0891. The van der Waals surface area contributed by atoms with Gasteiger partial charge in [0.15, 0.2) is 17.3 Å². The maximum Gasteiger partial charge on any atom is 0.179 e. The molecule has 5 heteroatoms. The molecule has 0 bridgehead atoms. The van der Waals surface area contributed by atoms with Crippen LogP contribution in [0.15, 0.2) is 36.4 Å². The molecule has 1 atom stereocenters. The fourth-order valence-electron chi connectivity index (χ4n) is 4.31. The highest BCUT2D eigenvalue weighted by Crippen LogP contribution is 2.38. The van der Waals surface area contributed by atoms with Gasteiger partial charge < -0.3 is 14.5 Å². The number of hydrogen-bond acceptors (Lipinski definition) is 4. The van der Waals surface area contributed by atoms with Gasteiger partial charge in [-0.3, -0.25) is 9.69 Å². The standard InChI is InChI=1S/C23H26N2O3/c1-14-23(17-7-5-6-8-19(17)24-14)20(26)13-25-10-9-16-11-21(27-3)22(28-4)12-18(16)15(25)2/h5-8,11-12,15,24H,9-10,13H2,1-4H3/t15-/m0/s1. The van der Waals surface area contributed by atoms with Gasteiger partial charge in [0.1, 0.15) is 0 Å². The van der Waals surface area contributed by atoms with Crippen molar-refractivity contribution in [3.63, 3.8) is 0 Å². The van der Waals surface area contributed by atoms with Gasteiger partial charge in [0.2, 0.25) is 0 Å². The number of ketones is 1. The third-order valence-electron chi connectivity index (χ3n) is 5.83. The van der Waals surface area contributed by atoms with E-state index in [9.17, 15) is 4.79 Å². The number of carbonyl (C=O) groups excluding carboxylic acids is 1. The molecule has 4 rings (SSSR count). The van der Waals surface area contributed by atoms with E-state index in [0.29, 0.717) is 6.54 Å². The second-order valence-corrected chi connectivity index (χ2v) is 7.40. The van der Waals surface area contributed by atoms with Gasteiger partial charge in [-0.05, 0) is 49.6 Å². The number of carbonyl (C=O) groups is 1. The second kappa shape index (κ2) is 7.32. The van der Waals surface area contributed by atoms with Crippen LogP contribution in [-0.4, -0.2) is 43.0 Å². The minimum absolute atomic E-state index is 0.137. The molecule has 1 aromatic heterocycles. The van der Waals surface area contributed by atoms with E-state index in [2.05, 4.69) is 22.9 Å². The number of methoxy groups -OCH3 is 2. The number of H-pyrrole nitrogens is 1. The third kappa shape index (κ3) is 3.06. The number of ether oxygens (including phenoxy) is 2. The summed E-state index contributed by atoms with van der Waals surface area (Å²) in [6, 6.07) is 12.2. The van der Waals surface area contributed by atoms with Crippen molar-refractivity contribution in [1.29, 1.82) is 0 Å². The largest absolute Gasteiger partial charge is 0.493 e. The summed E-state index contributed by atoms with van der Waals surface area (Å²) in [5.74, 6) is 1.65. The van der Waals surface area contributed by atoms with Crippen LogP contribution in [0.4, 0.5) is 0 Å². The van der Waals surface area contributed by atoms with E-state index in [-0.39, 0.29) is 11.8 Å². The molecular formula is C23H26N2O3. The Bertz CT molecular complexity index is 1040. The van der Waals surface area contributed by atoms with Crippen LogP contribution < -0.4 is 9.47 Å². The molecule has 28 heavy (non-hydrogen) atoms. The number of aromatic amines is 1. The molecule has 0 amide bonds. The predicted molar refractivity (Wildman–Crippen MR) is 111 cm³/mol. The van der Waals surface area contributed by atoms with E-state index in [1.54, 1.807) is 14.2 Å². The number of nitrogens with one attached hydrogen (secondary N) is 1. The van der Waals surface area contributed by atoms with Gasteiger partial charge in [0, 0.05) is 34.7 Å². The van der Waals surface area contributed by atoms with E-state index in [0.717, 1.165) is 46.6 Å². The van der Waals surface area contributed by atoms with Crippen molar-refractivity contribution in [2.45, 2.75) is 26.3 Å². The number of rotatable bonds is 5. The third-order valence-corrected chi connectivity index (χ3v) is 5.83. The van der Waals surface area contributed by atoms with Crippen molar-refractivity contribution in [2.75, 3.05) is 27.3 Å². The van der Waals surface area contributed by atoms with Gasteiger partial charge in [-0.2, -0.15) is 0 Å². The van der Waals surface area contributed by atoms with Crippen LogP contribution in [0.25, 0.3) is 10.9 Å². The Morgan fingerprint density at radius 2 is 1.89 bits per heavy atom. The molecule has 146 valence electrons. The number of Topliss-reactive ketones (excluding diaryl/α,β-unsaturated/α-hetero) is 1. The lowest BCUT2D eigenvalue weighted by Gasteiger charge is -2.35. The smallest absolute Gasteiger partial charge is 0.179 e.